The van der Waals surface area contributed by atoms with Gasteiger partial charge in [-0.2, -0.15) is 5.10 Å². The molecule has 2 heterocycles. The lowest BCUT2D eigenvalue weighted by atomic mass is 10.1. The van der Waals surface area contributed by atoms with Crippen molar-refractivity contribution in [3.8, 4) is 16.9 Å². The monoisotopic (exact) mass is 533 g/mol. The lowest BCUT2D eigenvalue weighted by molar-refractivity contribution is -0.139. The second-order valence-electron chi connectivity index (χ2n) is 7.48. The van der Waals surface area contributed by atoms with Crippen molar-refractivity contribution in [2.45, 2.75) is 19.4 Å². The van der Waals surface area contributed by atoms with E-state index in [0.29, 0.717) is 32.0 Å². The van der Waals surface area contributed by atoms with Crippen molar-refractivity contribution in [3.05, 3.63) is 91.2 Å². The summed E-state index contributed by atoms with van der Waals surface area (Å²) < 4.78 is 1.56. The summed E-state index contributed by atoms with van der Waals surface area (Å²) in [5.41, 5.74) is 2.55. The smallest absolute Gasteiger partial charge is 0.326 e. The van der Waals surface area contributed by atoms with Crippen LogP contribution in [-0.4, -0.2) is 32.8 Å². The van der Waals surface area contributed by atoms with Gasteiger partial charge in [0.1, 0.15) is 6.04 Å². The summed E-state index contributed by atoms with van der Waals surface area (Å²) in [5.74, 6) is -1.72. The third-order valence-corrected chi connectivity index (χ3v) is 6.87. The van der Waals surface area contributed by atoms with E-state index in [2.05, 4.69) is 10.4 Å². The molecule has 0 radical (unpaired) electrons. The fourth-order valence-electron chi connectivity index (χ4n) is 3.54. The summed E-state index contributed by atoms with van der Waals surface area (Å²) in [6, 6.07) is 14.6. The van der Waals surface area contributed by atoms with Gasteiger partial charge in [0.15, 0.2) is 5.69 Å². The highest BCUT2D eigenvalue weighted by molar-refractivity contribution is 7.09. The van der Waals surface area contributed by atoms with Gasteiger partial charge in [-0.25, -0.2) is 9.48 Å². The van der Waals surface area contributed by atoms with Gasteiger partial charge in [0.05, 0.1) is 16.4 Å². The lowest BCUT2D eigenvalue weighted by Gasteiger charge is -2.13. The van der Waals surface area contributed by atoms with Crippen LogP contribution in [-0.2, 0) is 11.2 Å². The van der Waals surface area contributed by atoms with E-state index in [4.69, 9.17) is 34.8 Å². The van der Waals surface area contributed by atoms with E-state index < -0.39 is 17.9 Å². The van der Waals surface area contributed by atoms with Crippen LogP contribution < -0.4 is 5.32 Å². The summed E-state index contributed by atoms with van der Waals surface area (Å²) in [7, 11) is 0. The number of halogens is 3. The van der Waals surface area contributed by atoms with Gasteiger partial charge < -0.3 is 10.4 Å². The second-order valence-corrected chi connectivity index (χ2v) is 9.80. The molecule has 0 fully saturated rings. The Morgan fingerprint density at radius 3 is 2.41 bits per heavy atom. The number of aliphatic carboxylic acids is 1. The number of thiophene rings is 1. The Hall–Kier alpha value is -2.84. The van der Waals surface area contributed by atoms with Crippen LogP contribution in [0.5, 0.6) is 0 Å². The maximum atomic E-state index is 13.2. The third kappa shape index (κ3) is 5.13. The number of carbonyl (C=O) groups excluding carboxylic acids is 1. The Morgan fingerprint density at radius 2 is 1.79 bits per heavy atom. The highest BCUT2D eigenvalue weighted by Gasteiger charge is 2.27. The number of carbonyl (C=O) groups is 2. The highest BCUT2D eigenvalue weighted by atomic mass is 35.5. The first kappa shape index (κ1) is 24.3. The second kappa shape index (κ2) is 10.2. The van der Waals surface area contributed by atoms with Gasteiger partial charge in [-0.3, -0.25) is 4.79 Å². The summed E-state index contributed by atoms with van der Waals surface area (Å²) in [4.78, 5) is 25.9. The van der Waals surface area contributed by atoms with Gasteiger partial charge in [0.2, 0.25) is 0 Å². The van der Waals surface area contributed by atoms with Crippen LogP contribution in [0.2, 0.25) is 15.1 Å². The molecule has 0 aliphatic rings. The molecule has 4 aromatic rings. The van der Waals surface area contributed by atoms with E-state index in [0.717, 1.165) is 10.4 Å². The molecule has 0 aliphatic heterocycles. The van der Waals surface area contributed by atoms with Gasteiger partial charge >= 0.3 is 5.97 Å². The molecule has 1 amide bonds. The van der Waals surface area contributed by atoms with Crippen molar-refractivity contribution in [1.29, 1.82) is 0 Å². The normalized spacial score (nSPS) is 11.9. The minimum absolute atomic E-state index is 0.0911. The van der Waals surface area contributed by atoms with Crippen LogP contribution in [0.3, 0.4) is 0 Å². The average molecular weight is 535 g/mol. The van der Waals surface area contributed by atoms with Crippen molar-refractivity contribution >= 4 is 58.0 Å². The fourth-order valence-corrected chi connectivity index (χ4v) is 4.91. The van der Waals surface area contributed by atoms with E-state index >= 15 is 0 Å². The number of nitrogens with one attached hydrogen (secondary N) is 1. The number of carboxylic acid groups (broad SMARTS) is 1. The first-order valence-electron chi connectivity index (χ1n) is 10.1. The summed E-state index contributed by atoms with van der Waals surface area (Å²) in [5, 5.41) is 20.0. The molecule has 10 heteroatoms. The van der Waals surface area contributed by atoms with E-state index in [1.165, 1.54) is 11.3 Å². The van der Waals surface area contributed by atoms with Crippen molar-refractivity contribution in [2.24, 2.45) is 0 Å². The maximum absolute atomic E-state index is 13.2. The molecule has 174 valence electrons. The Kier molecular flexibility index (Phi) is 7.28. The van der Waals surface area contributed by atoms with Gasteiger partial charge in [-0.05, 0) is 48.7 Å². The average Bonchev–Trinajstić information content (AvgIpc) is 3.42. The summed E-state index contributed by atoms with van der Waals surface area (Å²) >= 11 is 20.0. The number of benzene rings is 2. The van der Waals surface area contributed by atoms with Gasteiger partial charge in [0, 0.05) is 32.5 Å². The largest absolute Gasteiger partial charge is 0.480 e. The quantitative estimate of drug-likeness (QED) is 0.292. The molecule has 0 saturated carbocycles. The Balaban J connectivity index is 1.77. The lowest BCUT2D eigenvalue weighted by Crippen LogP contribution is -2.42. The van der Waals surface area contributed by atoms with E-state index in [-0.39, 0.29) is 12.1 Å². The maximum Gasteiger partial charge on any atom is 0.326 e. The van der Waals surface area contributed by atoms with Crippen LogP contribution in [0.1, 0.15) is 20.9 Å². The van der Waals surface area contributed by atoms with Crippen LogP contribution in [0.25, 0.3) is 16.9 Å². The highest BCUT2D eigenvalue weighted by Crippen LogP contribution is 2.33. The van der Waals surface area contributed by atoms with Crippen molar-refractivity contribution in [3.63, 3.8) is 0 Å². The van der Waals surface area contributed by atoms with Crippen molar-refractivity contribution in [1.82, 2.24) is 15.1 Å². The van der Waals surface area contributed by atoms with Crippen LogP contribution >= 0.6 is 46.1 Å². The van der Waals surface area contributed by atoms with E-state index in [9.17, 15) is 14.7 Å². The number of nitrogens with zero attached hydrogens (tertiary/aromatic N) is 2. The fraction of sp³-hybridized carbons (Fsp3) is 0.125. The van der Waals surface area contributed by atoms with E-state index in [1.807, 2.05) is 29.6 Å². The third-order valence-electron chi connectivity index (χ3n) is 5.18. The van der Waals surface area contributed by atoms with Crippen LogP contribution in [0.4, 0.5) is 0 Å². The predicted octanol–water partition coefficient (Wildman–Crippen LogP) is 6.30. The topological polar surface area (TPSA) is 84.2 Å². The zero-order valence-corrected chi connectivity index (χ0v) is 20.8. The summed E-state index contributed by atoms with van der Waals surface area (Å²) in [6.45, 7) is 1.75. The van der Waals surface area contributed by atoms with Crippen molar-refractivity contribution in [2.75, 3.05) is 0 Å². The molecule has 2 aromatic heterocycles. The molecule has 6 nitrogen and oxygen atoms in total. The van der Waals surface area contributed by atoms with E-state index in [1.54, 1.807) is 41.9 Å². The van der Waals surface area contributed by atoms with Crippen LogP contribution in [0.15, 0.2) is 60.0 Å². The van der Waals surface area contributed by atoms with Gasteiger partial charge in [-0.1, -0.05) is 53.0 Å². The molecule has 0 bridgehead atoms. The Morgan fingerprint density at radius 1 is 1.09 bits per heavy atom. The molecule has 0 spiro atoms. The molecular formula is C24H18Cl3N3O3S. The number of hydrogen-bond donors (Lipinski definition) is 2. The molecule has 2 aromatic carbocycles. The molecular weight excluding hydrogens is 517 g/mol. The minimum atomic E-state index is -1.13. The minimum Gasteiger partial charge on any atom is -0.480 e. The SMILES string of the molecule is Cc1c(C(=O)N[C@@H](Cc2cccs2)C(=O)O)nn(-c2ccc(Cl)cc2Cl)c1-c1ccc(Cl)cc1. The van der Waals surface area contributed by atoms with Gasteiger partial charge in [0.25, 0.3) is 5.91 Å². The zero-order chi connectivity index (χ0) is 24.4. The predicted molar refractivity (Wildman–Crippen MR) is 136 cm³/mol. The Bertz CT molecular complexity index is 1350. The van der Waals surface area contributed by atoms with Gasteiger partial charge in [-0.15, -0.1) is 11.3 Å². The molecule has 0 aliphatic carbocycles. The molecule has 0 unspecified atom stereocenters. The number of rotatable bonds is 7. The molecule has 1 atom stereocenters. The number of hydrogen-bond acceptors (Lipinski definition) is 4. The zero-order valence-electron chi connectivity index (χ0n) is 17.8. The molecule has 4 rings (SSSR count). The van der Waals surface area contributed by atoms with Crippen molar-refractivity contribution < 1.29 is 14.7 Å². The van der Waals surface area contributed by atoms with Crippen LogP contribution in [0, 0.1) is 6.92 Å². The molecule has 0 saturated heterocycles. The molecule has 2 N–H and O–H groups in total. The molecule has 34 heavy (non-hydrogen) atoms. The standard InChI is InChI=1S/C24H18Cl3N3O3S/c1-13-21(23(31)28-19(24(32)33)12-17-3-2-10-34-17)29-30(20-9-8-16(26)11-18(20)27)22(13)14-4-6-15(25)7-5-14/h2-11,19H,12H2,1H3,(H,28,31)(H,32,33)/t19-/m0/s1. The number of amides is 1. The number of carboxylic acids is 1. The first-order valence-corrected chi connectivity index (χ1v) is 12.1. The Labute approximate surface area is 214 Å². The first-order chi connectivity index (χ1) is 16.2. The summed E-state index contributed by atoms with van der Waals surface area (Å²) in [6.07, 6.45) is 0.172. The number of aromatic nitrogens is 2.